The van der Waals surface area contributed by atoms with Gasteiger partial charge < -0.3 is 10.2 Å². The number of anilines is 1. The fraction of sp³-hybridized carbons (Fsp3) is 0.167. The lowest BCUT2D eigenvalue weighted by Crippen LogP contribution is -2.32. The Morgan fingerprint density at radius 3 is 2.75 bits per heavy atom. The van der Waals surface area contributed by atoms with Gasteiger partial charge in [-0.1, -0.05) is 29.8 Å². The number of likely N-dealkylation sites (N-methyl/N-ethyl adjacent to an activating group) is 1. The Balaban J connectivity index is 1.64. The molecule has 0 bridgehead atoms. The van der Waals surface area contributed by atoms with Crippen LogP contribution in [0.4, 0.5) is 10.1 Å². The first kappa shape index (κ1) is 16.7. The van der Waals surface area contributed by atoms with Gasteiger partial charge in [-0.2, -0.15) is 0 Å². The van der Waals surface area contributed by atoms with Gasteiger partial charge in [0.05, 0.1) is 5.02 Å². The lowest BCUT2D eigenvalue weighted by atomic mass is 10.2. The van der Waals surface area contributed by atoms with Crippen LogP contribution in [0, 0.1) is 5.82 Å². The van der Waals surface area contributed by atoms with E-state index >= 15 is 0 Å². The molecular formula is C18H16ClFN2OS. The van der Waals surface area contributed by atoms with Gasteiger partial charge in [-0.05, 0) is 30.3 Å². The summed E-state index contributed by atoms with van der Waals surface area (Å²) in [6.07, 6.45) is 0. The number of amides is 1. The van der Waals surface area contributed by atoms with Gasteiger partial charge in [0.15, 0.2) is 0 Å². The van der Waals surface area contributed by atoms with E-state index in [-0.39, 0.29) is 11.7 Å². The third kappa shape index (κ3) is 3.52. The molecule has 6 heteroatoms. The summed E-state index contributed by atoms with van der Waals surface area (Å²) >= 11 is 7.46. The third-order valence-electron chi connectivity index (χ3n) is 3.73. The number of para-hydroxylation sites is 1. The van der Waals surface area contributed by atoms with Crippen LogP contribution in [0.15, 0.2) is 48.5 Å². The third-order valence-corrected chi connectivity index (χ3v) is 5.38. The first-order chi connectivity index (χ1) is 11.6. The zero-order valence-corrected chi connectivity index (χ0v) is 14.6. The van der Waals surface area contributed by atoms with E-state index < -0.39 is 0 Å². The van der Waals surface area contributed by atoms with E-state index in [2.05, 4.69) is 10.2 Å². The molecule has 0 fully saturated rings. The largest absolute Gasteiger partial charge is 0.373 e. The van der Waals surface area contributed by atoms with E-state index in [4.69, 9.17) is 11.6 Å². The van der Waals surface area contributed by atoms with Crippen LogP contribution in [0.1, 0.15) is 9.67 Å². The Labute approximate surface area is 148 Å². The molecule has 0 aliphatic rings. The molecule has 3 rings (SSSR count). The smallest absolute Gasteiger partial charge is 0.262 e. The summed E-state index contributed by atoms with van der Waals surface area (Å²) in [4.78, 5) is 14.8. The number of benzene rings is 2. The molecule has 1 heterocycles. The molecule has 0 atom stereocenters. The molecule has 1 aromatic heterocycles. The first-order valence-electron chi connectivity index (χ1n) is 7.48. The minimum atomic E-state index is -0.336. The second kappa shape index (κ2) is 7.20. The van der Waals surface area contributed by atoms with Crippen molar-refractivity contribution in [1.29, 1.82) is 0 Å². The highest BCUT2D eigenvalue weighted by Crippen LogP contribution is 2.35. The molecular weight excluding hydrogens is 347 g/mol. The molecule has 1 amide bonds. The van der Waals surface area contributed by atoms with Crippen molar-refractivity contribution < 1.29 is 9.18 Å². The molecule has 124 valence electrons. The number of fused-ring (bicyclic) bond motifs is 1. The Morgan fingerprint density at radius 1 is 1.25 bits per heavy atom. The van der Waals surface area contributed by atoms with Crippen LogP contribution < -0.4 is 10.2 Å². The van der Waals surface area contributed by atoms with Crippen molar-refractivity contribution >= 4 is 44.6 Å². The average molecular weight is 363 g/mol. The highest BCUT2D eigenvalue weighted by molar-refractivity contribution is 7.21. The molecule has 3 aromatic rings. The van der Waals surface area contributed by atoms with Gasteiger partial charge in [0.1, 0.15) is 10.7 Å². The zero-order chi connectivity index (χ0) is 17.1. The highest BCUT2D eigenvalue weighted by atomic mass is 35.5. The molecule has 1 N–H and O–H groups in total. The summed E-state index contributed by atoms with van der Waals surface area (Å²) in [5.74, 6) is -0.570. The Hall–Kier alpha value is -2.11. The lowest BCUT2D eigenvalue weighted by Gasteiger charge is -2.19. The molecule has 0 saturated heterocycles. The lowest BCUT2D eigenvalue weighted by molar-refractivity contribution is 0.0959. The SMILES string of the molecule is CN(CCNC(=O)c1sc2cc(F)ccc2c1Cl)c1ccccc1. The van der Waals surface area contributed by atoms with Gasteiger partial charge >= 0.3 is 0 Å². The normalized spacial score (nSPS) is 10.8. The maximum Gasteiger partial charge on any atom is 0.262 e. The number of nitrogens with zero attached hydrogens (tertiary/aromatic N) is 1. The Kier molecular flexibility index (Phi) is 5.02. The van der Waals surface area contributed by atoms with Crippen molar-refractivity contribution in [2.45, 2.75) is 0 Å². The first-order valence-corrected chi connectivity index (χ1v) is 8.67. The van der Waals surface area contributed by atoms with Crippen LogP contribution in [0.2, 0.25) is 5.02 Å². The van der Waals surface area contributed by atoms with Gasteiger partial charge in [0.2, 0.25) is 0 Å². The van der Waals surface area contributed by atoms with Crippen LogP contribution in [0.5, 0.6) is 0 Å². The molecule has 0 radical (unpaired) electrons. The monoisotopic (exact) mass is 362 g/mol. The van der Waals surface area contributed by atoms with E-state index in [0.29, 0.717) is 33.1 Å². The highest BCUT2D eigenvalue weighted by Gasteiger charge is 2.17. The van der Waals surface area contributed by atoms with Crippen molar-refractivity contribution in [3.63, 3.8) is 0 Å². The zero-order valence-electron chi connectivity index (χ0n) is 13.1. The van der Waals surface area contributed by atoms with E-state index in [0.717, 1.165) is 5.69 Å². The van der Waals surface area contributed by atoms with E-state index in [1.807, 2.05) is 37.4 Å². The average Bonchev–Trinajstić information content (AvgIpc) is 2.91. The number of carbonyl (C=O) groups excluding carboxylic acids is 1. The number of thiophene rings is 1. The number of rotatable bonds is 5. The quantitative estimate of drug-likeness (QED) is 0.721. The predicted octanol–water partition coefficient (Wildman–Crippen LogP) is 4.56. The van der Waals surface area contributed by atoms with Crippen molar-refractivity contribution in [3.05, 3.63) is 64.2 Å². The molecule has 0 spiro atoms. The predicted molar refractivity (Wildman–Crippen MR) is 98.8 cm³/mol. The summed E-state index contributed by atoms with van der Waals surface area (Å²) in [5.41, 5.74) is 1.09. The molecule has 0 saturated carbocycles. The van der Waals surface area contributed by atoms with Gasteiger partial charge in [0, 0.05) is 35.9 Å². The van der Waals surface area contributed by atoms with E-state index in [1.165, 1.54) is 23.5 Å². The van der Waals surface area contributed by atoms with Crippen LogP contribution >= 0.6 is 22.9 Å². The summed E-state index contributed by atoms with van der Waals surface area (Å²) in [7, 11) is 1.97. The summed E-state index contributed by atoms with van der Waals surface area (Å²) in [5, 5.41) is 3.95. The molecule has 2 aromatic carbocycles. The molecule has 0 unspecified atom stereocenters. The summed E-state index contributed by atoms with van der Waals surface area (Å²) in [6.45, 7) is 1.16. The van der Waals surface area contributed by atoms with Gasteiger partial charge in [-0.25, -0.2) is 4.39 Å². The number of halogens is 2. The maximum absolute atomic E-state index is 13.3. The van der Waals surface area contributed by atoms with Crippen LogP contribution in [-0.4, -0.2) is 26.0 Å². The molecule has 24 heavy (non-hydrogen) atoms. The minimum Gasteiger partial charge on any atom is -0.373 e. The van der Waals surface area contributed by atoms with Crippen LogP contribution in [-0.2, 0) is 0 Å². The summed E-state index contributed by atoms with van der Waals surface area (Å²) < 4.78 is 14.0. The Morgan fingerprint density at radius 2 is 2.00 bits per heavy atom. The molecule has 3 nitrogen and oxygen atoms in total. The fourth-order valence-electron chi connectivity index (χ4n) is 2.41. The maximum atomic E-state index is 13.3. The number of hydrogen-bond acceptors (Lipinski definition) is 3. The van der Waals surface area contributed by atoms with Gasteiger partial charge in [0.25, 0.3) is 5.91 Å². The van der Waals surface area contributed by atoms with Crippen LogP contribution in [0.25, 0.3) is 10.1 Å². The van der Waals surface area contributed by atoms with E-state index in [9.17, 15) is 9.18 Å². The standard InChI is InChI=1S/C18H16ClFN2OS/c1-22(13-5-3-2-4-6-13)10-9-21-18(23)17-16(19)14-8-7-12(20)11-15(14)24-17/h2-8,11H,9-10H2,1H3,(H,21,23). The van der Waals surface area contributed by atoms with Crippen molar-refractivity contribution in [2.24, 2.45) is 0 Å². The van der Waals surface area contributed by atoms with Crippen molar-refractivity contribution in [1.82, 2.24) is 5.32 Å². The molecule has 0 aliphatic heterocycles. The van der Waals surface area contributed by atoms with Gasteiger partial charge in [-0.15, -0.1) is 11.3 Å². The minimum absolute atomic E-state index is 0.233. The number of carbonyl (C=O) groups is 1. The van der Waals surface area contributed by atoms with Crippen molar-refractivity contribution in [2.75, 3.05) is 25.0 Å². The van der Waals surface area contributed by atoms with Crippen LogP contribution in [0.3, 0.4) is 0 Å². The van der Waals surface area contributed by atoms with E-state index in [1.54, 1.807) is 6.07 Å². The Bertz CT molecular complexity index is 866. The molecule has 0 aliphatic carbocycles. The van der Waals surface area contributed by atoms with Crippen molar-refractivity contribution in [3.8, 4) is 0 Å². The summed E-state index contributed by atoms with van der Waals surface area (Å²) in [6, 6.07) is 14.3. The second-order valence-corrected chi connectivity index (χ2v) is 6.83. The number of hydrogen-bond donors (Lipinski definition) is 1. The number of nitrogens with one attached hydrogen (secondary N) is 1. The second-order valence-electron chi connectivity index (χ2n) is 5.40. The van der Waals surface area contributed by atoms with Gasteiger partial charge in [-0.3, -0.25) is 4.79 Å². The fourth-order valence-corrected chi connectivity index (χ4v) is 3.87. The topological polar surface area (TPSA) is 32.3 Å².